The average Bonchev–Trinajstić information content (AvgIpc) is 2.20. The molecule has 0 amide bonds. The SMILES string of the molecule is CCCCCCC#C/C=C\CCC(=O)O. The van der Waals surface area contributed by atoms with Gasteiger partial charge in [-0.15, -0.1) is 0 Å². The molecule has 0 saturated heterocycles. The van der Waals surface area contributed by atoms with Crippen LogP contribution in [0.4, 0.5) is 0 Å². The van der Waals surface area contributed by atoms with E-state index in [2.05, 4.69) is 18.8 Å². The number of hydrogen-bond donors (Lipinski definition) is 1. The molecule has 0 aromatic heterocycles. The van der Waals surface area contributed by atoms with Gasteiger partial charge in [0.15, 0.2) is 0 Å². The summed E-state index contributed by atoms with van der Waals surface area (Å²) in [6.07, 6.45) is 10.2. The Bertz CT molecular complexity index is 243. The molecule has 15 heavy (non-hydrogen) atoms. The van der Waals surface area contributed by atoms with Crippen LogP contribution in [0.5, 0.6) is 0 Å². The van der Waals surface area contributed by atoms with E-state index in [4.69, 9.17) is 5.11 Å². The van der Waals surface area contributed by atoms with E-state index in [1.165, 1.54) is 25.7 Å². The van der Waals surface area contributed by atoms with Gasteiger partial charge in [0.25, 0.3) is 0 Å². The van der Waals surface area contributed by atoms with Crippen molar-refractivity contribution in [2.75, 3.05) is 0 Å². The second kappa shape index (κ2) is 10.8. The van der Waals surface area contributed by atoms with Crippen LogP contribution >= 0.6 is 0 Å². The zero-order valence-corrected chi connectivity index (χ0v) is 9.46. The molecule has 0 saturated carbocycles. The number of unbranched alkanes of at least 4 members (excludes halogenated alkanes) is 4. The molecule has 0 bridgehead atoms. The van der Waals surface area contributed by atoms with E-state index in [-0.39, 0.29) is 6.42 Å². The first kappa shape index (κ1) is 13.8. The normalized spacial score (nSPS) is 9.93. The number of aliphatic carboxylic acids is 1. The van der Waals surface area contributed by atoms with Crippen LogP contribution in [0, 0.1) is 11.8 Å². The Labute approximate surface area is 92.4 Å². The van der Waals surface area contributed by atoms with Crippen molar-refractivity contribution in [3.05, 3.63) is 12.2 Å². The highest BCUT2D eigenvalue weighted by Gasteiger charge is 1.90. The Kier molecular flexibility index (Phi) is 9.96. The van der Waals surface area contributed by atoms with E-state index in [1.807, 2.05) is 6.08 Å². The predicted octanol–water partition coefficient (Wildman–Crippen LogP) is 3.38. The Balaban J connectivity index is 3.33. The predicted molar refractivity (Wildman–Crippen MR) is 62.5 cm³/mol. The largest absolute Gasteiger partial charge is 0.481 e. The molecule has 0 fully saturated rings. The van der Waals surface area contributed by atoms with E-state index >= 15 is 0 Å². The zero-order chi connectivity index (χ0) is 11.4. The van der Waals surface area contributed by atoms with E-state index in [9.17, 15) is 4.79 Å². The topological polar surface area (TPSA) is 37.3 Å². The lowest BCUT2D eigenvalue weighted by molar-refractivity contribution is -0.136. The van der Waals surface area contributed by atoms with Crippen molar-refractivity contribution in [3.8, 4) is 11.8 Å². The van der Waals surface area contributed by atoms with Gasteiger partial charge in [-0.2, -0.15) is 0 Å². The van der Waals surface area contributed by atoms with Crippen molar-refractivity contribution in [2.45, 2.75) is 51.9 Å². The summed E-state index contributed by atoms with van der Waals surface area (Å²) in [5, 5.41) is 8.37. The lowest BCUT2D eigenvalue weighted by atomic mass is 10.1. The fourth-order valence-electron chi connectivity index (χ4n) is 1.12. The van der Waals surface area contributed by atoms with E-state index in [1.54, 1.807) is 6.08 Å². The van der Waals surface area contributed by atoms with Crippen LogP contribution in [0.15, 0.2) is 12.2 Å². The minimum atomic E-state index is -0.757. The first-order valence-electron chi connectivity index (χ1n) is 5.62. The summed E-state index contributed by atoms with van der Waals surface area (Å²) < 4.78 is 0. The molecule has 0 spiro atoms. The van der Waals surface area contributed by atoms with Gasteiger partial charge in [-0.3, -0.25) is 4.79 Å². The number of rotatable bonds is 7. The van der Waals surface area contributed by atoms with Gasteiger partial charge in [0, 0.05) is 12.8 Å². The maximum atomic E-state index is 10.2. The molecule has 0 atom stereocenters. The average molecular weight is 208 g/mol. The lowest BCUT2D eigenvalue weighted by Crippen LogP contribution is -1.91. The third-order valence-corrected chi connectivity index (χ3v) is 1.98. The maximum Gasteiger partial charge on any atom is 0.303 e. The van der Waals surface area contributed by atoms with Crippen LogP contribution in [0.3, 0.4) is 0 Å². The molecule has 0 aromatic rings. The number of allylic oxidation sites excluding steroid dienone is 2. The summed E-state index contributed by atoms with van der Waals surface area (Å²) in [6, 6.07) is 0. The number of carbonyl (C=O) groups is 1. The minimum absolute atomic E-state index is 0.189. The van der Waals surface area contributed by atoms with E-state index < -0.39 is 5.97 Å². The fourth-order valence-corrected chi connectivity index (χ4v) is 1.12. The van der Waals surface area contributed by atoms with Crippen LogP contribution in [-0.2, 0) is 4.79 Å². The molecule has 2 nitrogen and oxygen atoms in total. The van der Waals surface area contributed by atoms with Crippen LogP contribution in [0.2, 0.25) is 0 Å². The molecule has 0 unspecified atom stereocenters. The third kappa shape index (κ3) is 12.8. The van der Waals surface area contributed by atoms with Crippen LogP contribution in [-0.4, -0.2) is 11.1 Å². The monoisotopic (exact) mass is 208 g/mol. The zero-order valence-electron chi connectivity index (χ0n) is 9.46. The second-order valence-electron chi connectivity index (χ2n) is 3.47. The van der Waals surface area contributed by atoms with Crippen molar-refractivity contribution in [2.24, 2.45) is 0 Å². The molecule has 84 valence electrons. The van der Waals surface area contributed by atoms with Crippen molar-refractivity contribution in [1.82, 2.24) is 0 Å². The maximum absolute atomic E-state index is 10.2. The van der Waals surface area contributed by atoms with Crippen molar-refractivity contribution >= 4 is 5.97 Å². The highest BCUT2D eigenvalue weighted by atomic mass is 16.4. The van der Waals surface area contributed by atoms with Gasteiger partial charge >= 0.3 is 5.97 Å². The molecule has 1 N–H and O–H groups in total. The number of carboxylic acids is 1. The first-order valence-corrected chi connectivity index (χ1v) is 5.62. The minimum Gasteiger partial charge on any atom is -0.481 e. The number of hydrogen-bond acceptors (Lipinski definition) is 1. The van der Waals surface area contributed by atoms with Gasteiger partial charge in [-0.25, -0.2) is 0 Å². The smallest absolute Gasteiger partial charge is 0.303 e. The van der Waals surface area contributed by atoms with Gasteiger partial charge in [-0.05, 0) is 18.9 Å². The summed E-state index contributed by atoms with van der Waals surface area (Å²) in [4.78, 5) is 10.2. The fraction of sp³-hybridized carbons (Fsp3) is 0.615. The second-order valence-corrected chi connectivity index (χ2v) is 3.47. The summed E-state index contributed by atoms with van der Waals surface area (Å²) in [5.74, 6) is 5.20. The molecule has 0 rings (SSSR count). The molecule has 2 heteroatoms. The molecular formula is C13H20O2. The van der Waals surface area contributed by atoms with Crippen LogP contribution in [0.1, 0.15) is 51.9 Å². The first-order chi connectivity index (χ1) is 7.27. The molecule has 0 aromatic carbocycles. The van der Waals surface area contributed by atoms with E-state index in [0.29, 0.717) is 6.42 Å². The quantitative estimate of drug-likeness (QED) is 0.514. The highest BCUT2D eigenvalue weighted by Crippen LogP contribution is 2.00. The van der Waals surface area contributed by atoms with Crippen molar-refractivity contribution in [3.63, 3.8) is 0 Å². The van der Waals surface area contributed by atoms with Crippen LogP contribution < -0.4 is 0 Å². The van der Waals surface area contributed by atoms with Gasteiger partial charge in [0.2, 0.25) is 0 Å². The molecule has 0 heterocycles. The summed E-state index contributed by atoms with van der Waals surface area (Å²) >= 11 is 0. The Morgan fingerprint density at radius 3 is 2.80 bits per heavy atom. The highest BCUT2D eigenvalue weighted by molar-refractivity contribution is 5.66. The Hall–Kier alpha value is -1.23. The van der Waals surface area contributed by atoms with Gasteiger partial charge in [0.05, 0.1) is 0 Å². The molecule has 0 radical (unpaired) electrons. The molecule has 0 aliphatic carbocycles. The van der Waals surface area contributed by atoms with Gasteiger partial charge < -0.3 is 5.11 Å². The standard InChI is InChI=1S/C13H20O2/c1-2-3-4-5-6-7-8-9-10-11-12-13(14)15/h9-10H,2-6,11-12H2,1H3,(H,14,15)/b10-9-. The molecule has 0 aliphatic heterocycles. The summed E-state index contributed by atoms with van der Waals surface area (Å²) in [6.45, 7) is 2.19. The third-order valence-electron chi connectivity index (χ3n) is 1.98. The Morgan fingerprint density at radius 1 is 1.33 bits per heavy atom. The summed E-state index contributed by atoms with van der Waals surface area (Å²) in [7, 11) is 0. The molecular weight excluding hydrogens is 188 g/mol. The van der Waals surface area contributed by atoms with Crippen molar-refractivity contribution in [1.29, 1.82) is 0 Å². The van der Waals surface area contributed by atoms with Crippen molar-refractivity contribution < 1.29 is 9.90 Å². The lowest BCUT2D eigenvalue weighted by Gasteiger charge is -1.91. The van der Waals surface area contributed by atoms with Gasteiger partial charge in [-0.1, -0.05) is 44.1 Å². The van der Waals surface area contributed by atoms with Crippen LogP contribution in [0.25, 0.3) is 0 Å². The molecule has 0 aliphatic rings. The summed E-state index contributed by atoms with van der Waals surface area (Å²) in [5.41, 5.74) is 0. The Morgan fingerprint density at radius 2 is 2.13 bits per heavy atom. The van der Waals surface area contributed by atoms with Gasteiger partial charge in [0.1, 0.15) is 0 Å². The number of carboxylic acid groups (broad SMARTS) is 1. The van der Waals surface area contributed by atoms with E-state index in [0.717, 1.165) is 6.42 Å².